The van der Waals surface area contributed by atoms with E-state index in [1.165, 1.54) is 4.31 Å². The van der Waals surface area contributed by atoms with Gasteiger partial charge in [0, 0.05) is 55.3 Å². The number of ketones is 1. The summed E-state index contributed by atoms with van der Waals surface area (Å²) >= 11 is 0. The van der Waals surface area contributed by atoms with Crippen LogP contribution >= 0.6 is 0 Å². The number of esters is 1. The molecule has 2 heterocycles. The zero-order chi connectivity index (χ0) is 25.0. The number of carbonyl (C=O) groups excluding carboxylic acids is 3. The van der Waals surface area contributed by atoms with Crippen molar-refractivity contribution in [2.45, 2.75) is 24.7 Å². The Balaban J connectivity index is 1.21. The second kappa shape index (κ2) is 10.4. The molecule has 1 aliphatic rings. The van der Waals surface area contributed by atoms with Gasteiger partial charge in [-0.05, 0) is 25.1 Å². The van der Waals surface area contributed by atoms with Crippen LogP contribution in [0.2, 0.25) is 0 Å². The molecular formula is C25H27N3O6S. The number of hydrogen-bond donors (Lipinski definition) is 1. The van der Waals surface area contributed by atoms with Crippen molar-refractivity contribution in [1.29, 1.82) is 0 Å². The highest BCUT2D eigenvalue weighted by Gasteiger charge is 2.30. The number of sulfonamides is 1. The summed E-state index contributed by atoms with van der Waals surface area (Å²) in [5.74, 6) is -1.21. The van der Waals surface area contributed by atoms with Crippen LogP contribution in [0.4, 0.5) is 0 Å². The number of benzene rings is 2. The molecule has 1 saturated heterocycles. The first-order valence-electron chi connectivity index (χ1n) is 11.4. The number of Topliss-reactive ketones (excluding diaryl/α,β-unsaturated/α-hetero) is 1. The van der Waals surface area contributed by atoms with Gasteiger partial charge in [-0.2, -0.15) is 4.31 Å². The summed E-state index contributed by atoms with van der Waals surface area (Å²) in [6.07, 6.45) is 1.37. The van der Waals surface area contributed by atoms with E-state index in [1.54, 1.807) is 35.4 Å². The molecule has 1 aliphatic heterocycles. The third-order valence-corrected chi connectivity index (χ3v) is 7.96. The van der Waals surface area contributed by atoms with Crippen LogP contribution in [0.15, 0.2) is 59.6 Å². The summed E-state index contributed by atoms with van der Waals surface area (Å²) in [4.78, 5) is 41.8. The number of nitrogens with zero attached hydrogens (tertiary/aromatic N) is 2. The molecule has 0 radical (unpaired) electrons. The number of carbonyl (C=O) groups is 3. The monoisotopic (exact) mass is 497 g/mol. The molecule has 184 valence electrons. The van der Waals surface area contributed by atoms with Gasteiger partial charge in [-0.15, -0.1) is 0 Å². The van der Waals surface area contributed by atoms with Gasteiger partial charge >= 0.3 is 5.97 Å². The van der Waals surface area contributed by atoms with Crippen molar-refractivity contribution in [2.75, 3.05) is 32.8 Å². The number of ether oxygens (including phenoxy) is 1. The van der Waals surface area contributed by atoms with E-state index >= 15 is 0 Å². The van der Waals surface area contributed by atoms with Crippen LogP contribution < -0.4 is 0 Å². The number of hydrogen-bond acceptors (Lipinski definition) is 6. The van der Waals surface area contributed by atoms with Gasteiger partial charge < -0.3 is 14.6 Å². The van der Waals surface area contributed by atoms with Crippen molar-refractivity contribution in [3.8, 4) is 0 Å². The lowest BCUT2D eigenvalue weighted by Crippen LogP contribution is -2.50. The van der Waals surface area contributed by atoms with E-state index in [0.717, 1.165) is 16.5 Å². The van der Waals surface area contributed by atoms with Crippen molar-refractivity contribution in [3.63, 3.8) is 0 Å². The van der Waals surface area contributed by atoms with E-state index in [4.69, 9.17) is 4.74 Å². The molecule has 0 atom stereocenters. The maximum absolute atomic E-state index is 12.8. The molecule has 35 heavy (non-hydrogen) atoms. The minimum Gasteiger partial charge on any atom is -0.457 e. The van der Waals surface area contributed by atoms with Crippen LogP contribution in [-0.4, -0.2) is 73.1 Å². The van der Waals surface area contributed by atoms with Crippen LogP contribution in [0, 0.1) is 6.92 Å². The molecule has 1 fully saturated rings. The van der Waals surface area contributed by atoms with E-state index in [1.807, 2.05) is 31.2 Å². The average molecular weight is 498 g/mol. The summed E-state index contributed by atoms with van der Waals surface area (Å²) in [7, 11) is -3.61. The van der Waals surface area contributed by atoms with Crippen molar-refractivity contribution in [1.82, 2.24) is 14.2 Å². The zero-order valence-electron chi connectivity index (χ0n) is 19.4. The quantitative estimate of drug-likeness (QED) is 0.378. The maximum atomic E-state index is 12.8. The number of aryl methyl sites for hydroxylation is 1. The topological polar surface area (TPSA) is 117 Å². The minimum absolute atomic E-state index is 0.0647. The molecule has 1 aromatic heterocycles. The Bertz CT molecular complexity index is 1340. The van der Waals surface area contributed by atoms with Crippen molar-refractivity contribution < 1.29 is 27.5 Å². The number of amides is 1. The third kappa shape index (κ3) is 5.60. The first kappa shape index (κ1) is 24.6. The SMILES string of the molecule is Cc1ccc(S(=O)(=O)N2CCN(C(=O)CCC(=O)OCC(=O)c3c[nH]c4ccccc34)CC2)cc1. The molecule has 0 saturated carbocycles. The fourth-order valence-electron chi connectivity index (χ4n) is 4.00. The maximum Gasteiger partial charge on any atom is 0.306 e. The van der Waals surface area contributed by atoms with Gasteiger partial charge in [-0.25, -0.2) is 8.42 Å². The second-order valence-electron chi connectivity index (χ2n) is 8.43. The van der Waals surface area contributed by atoms with Crippen LogP contribution in [-0.2, 0) is 24.3 Å². The lowest BCUT2D eigenvalue weighted by atomic mass is 10.1. The van der Waals surface area contributed by atoms with Gasteiger partial charge in [0.1, 0.15) is 0 Å². The van der Waals surface area contributed by atoms with E-state index in [-0.39, 0.29) is 55.6 Å². The molecule has 9 nitrogen and oxygen atoms in total. The number of H-pyrrole nitrogens is 1. The Labute approximate surface area is 203 Å². The Kier molecular flexibility index (Phi) is 7.32. The molecule has 0 spiro atoms. The van der Waals surface area contributed by atoms with Crippen molar-refractivity contribution in [3.05, 3.63) is 65.9 Å². The Morgan fingerprint density at radius 3 is 2.34 bits per heavy atom. The van der Waals surface area contributed by atoms with Crippen molar-refractivity contribution >= 4 is 38.6 Å². The van der Waals surface area contributed by atoms with Crippen LogP contribution in [0.3, 0.4) is 0 Å². The lowest BCUT2D eigenvalue weighted by Gasteiger charge is -2.34. The molecule has 0 bridgehead atoms. The average Bonchev–Trinajstić information content (AvgIpc) is 3.30. The highest BCUT2D eigenvalue weighted by atomic mass is 32.2. The first-order chi connectivity index (χ1) is 16.8. The van der Waals surface area contributed by atoms with Gasteiger partial charge in [0.05, 0.1) is 11.3 Å². The van der Waals surface area contributed by atoms with Crippen LogP contribution in [0.5, 0.6) is 0 Å². The van der Waals surface area contributed by atoms with Crippen LogP contribution in [0.1, 0.15) is 28.8 Å². The fraction of sp³-hybridized carbons (Fsp3) is 0.320. The number of nitrogens with one attached hydrogen (secondary N) is 1. The Hall–Kier alpha value is -3.50. The molecule has 4 rings (SSSR count). The minimum atomic E-state index is -3.61. The molecule has 3 aromatic rings. The van der Waals surface area contributed by atoms with E-state index in [2.05, 4.69) is 4.98 Å². The zero-order valence-corrected chi connectivity index (χ0v) is 20.2. The first-order valence-corrected chi connectivity index (χ1v) is 12.8. The number of rotatable bonds is 8. The number of piperazine rings is 1. The number of aromatic amines is 1. The Morgan fingerprint density at radius 1 is 0.943 bits per heavy atom. The van der Waals surface area contributed by atoms with Gasteiger partial charge in [0.15, 0.2) is 6.61 Å². The smallest absolute Gasteiger partial charge is 0.306 e. The molecule has 0 aliphatic carbocycles. The fourth-order valence-corrected chi connectivity index (χ4v) is 5.42. The van der Waals surface area contributed by atoms with Gasteiger partial charge in [-0.3, -0.25) is 14.4 Å². The standard InChI is InChI=1S/C25H27N3O6S/c1-18-6-8-19(9-7-18)35(32,33)28-14-12-27(13-15-28)24(30)10-11-25(31)34-17-23(29)21-16-26-22-5-3-2-4-20(21)22/h2-9,16,26H,10-15,17H2,1H3. The molecule has 1 amide bonds. The summed E-state index contributed by atoms with van der Waals surface area (Å²) in [6.45, 7) is 2.36. The van der Waals surface area contributed by atoms with Crippen LogP contribution in [0.25, 0.3) is 10.9 Å². The molecule has 10 heteroatoms. The Morgan fingerprint density at radius 2 is 1.63 bits per heavy atom. The lowest BCUT2D eigenvalue weighted by molar-refractivity contribution is -0.145. The summed E-state index contributed by atoms with van der Waals surface area (Å²) < 4.78 is 32.1. The predicted octanol–water partition coefficient (Wildman–Crippen LogP) is 2.52. The molecular weight excluding hydrogens is 470 g/mol. The third-order valence-electron chi connectivity index (χ3n) is 6.05. The number of para-hydroxylation sites is 1. The molecule has 2 aromatic carbocycles. The van der Waals surface area contributed by atoms with E-state index < -0.39 is 22.6 Å². The van der Waals surface area contributed by atoms with E-state index in [0.29, 0.717) is 5.56 Å². The summed E-state index contributed by atoms with van der Waals surface area (Å²) in [5, 5.41) is 0.757. The highest BCUT2D eigenvalue weighted by molar-refractivity contribution is 7.89. The molecule has 1 N–H and O–H groups in total. The summed E-state index contributed by atoms with van der Waals surface area (Å²) in [6, 6.07) is 14.0. The summed E-state index contributed by atoms with van der Waals surface area (Å²) in [5.41, 5.74) is 2.24. The van der Waals surface area contributed by atoms with Gasteiger partial charge in [0.2, 0.25) is 21.7 Å². The number of fused-ring (bicyclic) bond motifs is 1. The molecule has 0 unspecified atom stereocenters. The van der Waals surface area contributed by atoms with Gasteiger partial charge in [0.25, 0.3) is 0 Å². The second-order valence-corrected chi connectivity index (χ2v) is 10.4. The highest BCUT2D eigenvalue weighted by Crippen LogP contribution is 2.20. The largest absolute Gasteiger partial charge is 0.457 e. The number of aromatic nitrogens is 1. The van der Waals surface area contributed by atoms with E-state index in [9.17, 15) is 22.8 Å². The predicted molar refractivity (Wildman–Crippen MR) is 129 cm³/mol. The normalized spacial score (nSPS) is 14.7. The van der Waals surface area contributed by atoms with Crippen molar-refractivity contribution in [2.24, 2.45) is 0 Å². The van der Waals surface area contributed by atoms with Gasteiger partial charge in [-0.1, -0.05) is 35.9 Å².